The molecule has 0 saturated carbocycles. The molecule has 2 rings (SSSR count). The molecule has 23 heavy (non-hydrogen) atoms. The zero-order chi connectivity index (χ0) is 16.9. The molecule has 2 N–H and O–H groups in total. The smallest absolute Gasteiger partial charge is 0.412 e. The quantitative estimate of drug-likeness (QED) is 0.874. The van der Waals surface area contributed by atoms with Crippen LogP contribution in [0, 0.1) is 0 Å². The molecule has 0 aliphatic carbocycles. The standard InChI is InChI=1S/C14H14F3N3O2S/c1-22-10-4-2-9(3-5-10)12(14(15,16)17)20-13(21)19-8-11-18-6-7-23-11/h2-7,12H,8H2,1H3,(H2,19,20,21)/t12-/m0/s1. The predicted octanol–water partition coefficient (Wildman–Crippen LogP) is 3.25. The minimum atomic E-state index is -4.62. The number of nitrogens with zero attached hydrogens (tertiary/aromatic N) is 1. The molecule has 9 heteroatoms. The van der Waals surface area contributed by atoms with Crippen LogP contribution in [0.4, 0.5) is 18.0 Å². The Balaban J connectivity index is 2.04. The number of methoxy groups -OCH3 is 1. The number of carbonyl (C=O) groups is 1. The molecule has 0 aliphatic heterocycles. The van der Waals surface area contributed by atoms with Crippen molar-refractivity contribution in [2.45, 2.75) is 18.8 Å². The second-order valence-electron chi connectivity index (χ2n) is 4.50. The van der Waals surface area contributed by atoms with Crippen LogP contribution in [0.15, 0.2) is 35.8 Å². The molecule has 0 spiro atoms. The van der Waals surface area contributed by atoms with Gasteiger partial charge in [0.15, 0.2) is 6.04 Å². The molecule has 124 valence electrons. The Kier molecular flexibility index (Phi) is 5.43. The number of rotatable bonds is 5. The number of hydrogen-bond acceptors (Lipinski definition) is 4. The lowest BCUT2D eigenvalue weighted by Crippen LogP contribution is -2.43. The third kappa shape index (κ3) is 4.85. The van der Waals surface area contributed by atoms with Gasteiger partial charge >= 0.3 is 12.2 Å². The van der Waals surface area contributed by atoms with Gasteiger partial charge in [0.25, 0.3) is 0 Å². The average molecular weight is 345 g/mol. The number of halogens is 3. The molecule has 0 fully saturated rings. The summed E-state index contributed by atoms with van der Waals surface area (Å²) < 4.78 is 44.4. The van der Waals surface area contributed by atoms with Crippen molar-refractivity contribution in [2.75, 3.05) is 7.11 Å². The van der Waals surface area contributed by atoms with Crippen LogP contribution in [0.5, 0.6) is 5.75 Å². The number of amides is 2. The Bertz CT molecular complexity index is 630. The summed E-state index contributed by atoms with van der Waals surface area (Å²) in [6.45, 7) is 0.0662. The van der Waals surface area contributed by atoms with E-state index in [2.05, 4.69) is 10.3 Å². The molecule has 0 radical (unpaired) electrons. The van der Waals surface area contributed by atoms with Crippen LogP contribution in [0.25, 0.3) is 0 Å². The van der Waals surface area contributed by atoms with Crippen molar-refractivity contribution < 1.29 is 22.7 Å². The number of carbonyl (C=O) groups excluding carboxylic acids is 1. The Labute approximate surface area is 134 Å². The molecule has 1 aromatic heterocycles. The summed E-state index contributed by atoms with van der Waals surface area (Å²) in [5, 5.41) is 6.61. The molecule has 5 nitrogen and oxygen atoms in total. The molecule has 0 aliphatic rings. The molecule has 2 amide bonds. The van der Waals surface area contributed by atoms with Crippen molar-refractivity contribution in [1.29, 1.82) is 0 Å². The highest BCUT2D eigenvalue weighted by Gasteiger charge is 2.41. The fraction of sp³-hybridized carbons (Fsp3) is 0.286. The van der Waals surface area contributed by atoms with Gasteiger partial charge in [0.05, 0.1) is 13.7 Å². The van der Waals surface area contributed by atoms with Gasteiger partial charge in [-0.1, -0.05) is 12.1 Å². The monoisotopic (exact) mass is 345 g/mol. The van der Waals surface area contributed by atoms with Gasteiger partial charge in [0.2, 0.25) is 0 Å². The maximum atomic E-state index is 13.2. The number of aromatic nitrogens is 1. The van der Waals surface area contributed by atoms with Crippen LogP contribution in [0.3, 0.4) is 0 Å². The molecule has 2 aromatic rings. The van der Waals surface area contributed by atoms with Crippen LogP contribution in [0.1, 0.15) is 16.6 Å². The largest absolute Gasteiger partial charge is 0.497 e. The van der Waals surface area contributed by atoms with E-state index in [0.29, 0.717) is 10.8 Å². The number of hydrogen-bond donors (Lipinski definition) is 2. The van der Waals surface area contributed by atoms with Crippen LogP contribution in [-0.4, -0.2) is 24.3 Å². The van der Waals surface area contributed by atoms with E-state index in [4.69, 9.17) is 4.74 Å². The minimum Gasteiger partial charge on any atom is -0.497 e. The highest BCUT2D eigenvalue weighted by Crippen LogP contribution is 2.33. The molecule has 1 aromatic carbocycles. The summed E-state index contributed by atoms with van der Waals surface area (Å²) in [5.74, 6) is 0.433. The maximum Gasteiger partial charge on any atom is 0.412 e. The van der Waals surface area contributed by atoms with Crippen molar-refractivity contribution in [2.24, 2.45) is 0 Å². The van der Waals surface area contributed by atoms with E-state index in [0.717, 1.165) is 0 Å². The van der Waals surface area contributed by atoms with Gasteiger partial charge in [0.1, 0.15) is 10.8 Å². The Morgan fingerprint density at radius 2 is 2.04 bits per heavy atom. The highest BCUT2D eigenvalue weighted by molar-refractivity contribution is 7.09. The van der Waals surface area contributed by atoms with E-state index < -0.39 is 18.2 Å². The number of ether oxygens (including phenoxy) is 1. The fourth-order valence-corrected chi connectivity index (χ4v) is 2.38. The first kappa shape index (κ1) is 17.1. The summed E-state index contributed by atoms with van der Waals surface area (Å²) >= 11 is 1.30. The van der Waals surface area contributed by atoms with E-state index in [9.17, 15) is 18.0 Å². The van der Waals surface area contributed by atoms with Crippen molar-refractivity contribution >= 4 is 17.4 Å². The van der Waals surface area contributed by atoms with Gasteiger partial charge < -0.3 is 15.4 Å². The summed E-state index contributed by atoms with van der Waals surface area (Å²) in [6, 6.07) is 2.31. The average Bonchev–Trinajstić information content (AvgIpc) is 3.03. The molecule has 0 saturated heterocycles. The lowest BCUT2D eigenvalue weighted by molar-refractivity contribution is -0.154. The molecule has 0 bridgehead atoms. The summed E-state index contributed by atoms with van der Waals surface area (Å²) in [7, 11) is 1.42. The number of benzene rings is 1. The second-order valence-corrected chi connectivity index (χ2v) is 5.48. The summed E-state index contributed by atoms with van der Waals surface area (Å²) in [6.07, 6.45) is -3.07. The molecular weight excluding hydrogens is 331 g/mol. The van der Waals surface area contributed by atoms with Gasteiger partial charge in [0, 0.05) is 11.6 Å². The SMILES string of the molecule is COc1ccc([C@H](NC(=O)NCc2nccs2)C(F)(F)F)cc1. The normalized spacial score (nSPS) is 12.5. The summed E-state index contributed by atoms with van der Waals surface area (Å²) in [4.78, 5) is 15.7. The third-order valence-corrected chi connectivity index (χ3v) is 3.72. The first-order valence-electron chi connectivity index (χ1n) is 6.53. The van der Waals surface area contributed by atoms with Crippen LogP contribution >= 0.6 is 11.3 Å². The van der Waals surface area contributed by atoms with Crippen LogP contribution < -0.4 is 15.4 Å². The van der Waals surface area contributed by atoms with Crippen LogP contribution in [-0.2, 0) is 6.54 Å². The lowest BCUT2D eigenvalue weighted by atomic mass is 10.1. The topological polar surface area (TPSA) is 63.2 Å². The van der Waals surface area contributed by atoms with E-state index in [1.54, 1.807) is 11.6 Å². The Morgan fingerprint density at radius 1 is 1.35 bits per heavy atom. The van der Waals surface area contributed by atoms with Gasteiger partial charge in [-0.25, -0.2) is 9.78 Å². The maximum absolute atomic E-state index is 13.2. The minimum absolute atomic E-state index is 0.0662. The summed E-state index contributed by atoms with van der Waals surface area (Å²) in [5.41, 5.74) is -0.0808. The second kappa shape index (κ2) is 7.32. The number of urea groups is 1. The Morgan fingerprint density at radius 3 is 2.57 bits per heavy atom. The lowest BCUT2D eigenvalue weighted by Gasteiger charge is -2.22. The number of nitrogens with one attached hydrogen (secondary N) is 2. The van der Waals surface area contributed by atoms with Crippen molar-refractivity contribution in [3.8, 4) is 5.75 Å². The van der Waals surface area contributed by atoms with Gasteiger partial charge in [-0.2, -0.15) is 13.2 Å². The first-order chi connectivity index (χ1) is 10.9. The van der Waals surface area contributed by atoms with Gasteiger partial charge in [-0.3, -0.25) is 0 Å². The van der Waals surface area contributed by atoms with Crippen molar-refractivity contribution in [3.05, 3.63) is 46.4 Å². The fourth-order valence-electron chi connectivity index (χ4n) is 1.83. The Hall–Kier alpha value is -2.29. The first-order valence-corrected chi connectivity index (χ1v) is 7.41. The predicted molar refractivity (Wildman–Crippen MR) is 79.3 cm³/mol. The third-order valence-electron chi connectivity index (χ3n) is 2.94. The highest BCUT2D eigenvalue weighted by atomic mass is 32.1. The zero-order valence-electron chi connectivity index (χ0n) is 12.1. The van der Waals surface area contributed by atoms with Gasteiger partial charge in [-0.05, 0) is 17.7 Å². The molecule has 1 atom stereocenters. The van der Waals surface area contributed by atoms with E-state index in [-0.39, 0.29) is 12.1 Å². The van der Waals surface area contributed by atoms with Gasteiger partial charge in [-0.15, -0.1) is 11.3 Å². The zero-order valence-corrected chi connectivity index (χ0v) is 12.9. The van der Waals surface area contributed by atoms with E-state index >= 15 is 0 Å². The van der Waals surface area contributed by atoms with E-state index in [1.807, 2.05) is 5.32 Å². The van der Waals surface area contributed by atoms with Crippen molar-refractivity contribution in [3.63, 3.8) is 0 Å². The van der Waals surface area contributed by atoms with Crippen molar-refractivity contribution in [1.82, 2.24) is 15.6 Å². The van der Waals surface area contributed by atoms with E-state index in [1.165, 1.54) is 42.7 Å². The molecular formula is C14H14F3N3O2S. The number of alkyl halides is 3. The number of thiazole rings is 1. The molecule has 0 unspecified atom stereocenters. The molecule has 1 heterocycles. The van der Waals surface area contributed by atoms with Crippen LogP contribution in [0.2, 0.25) is 0 Å².